The van der Waals surface area contributed by atoms with E-state index < -0.39 is 57.6 Å². The van der Waals surface area contributed by atoms with E-state index in [0.717, 1.165) is 83.5 Å². The summed E-state index contributed by atoms with van der Waals surface area (Å²) in [5, 5.41) is 21.7. The number of aliphatic hydroxyl groups is 1. The van der Waals surface area contributed by atoms with Crippen LogP contribution in [0.2, 0.25) is 0 Å². The molecule has 0 fully saturated rings. The molecule has 0 saturated heterocycles. The SMILES string of the molecule is CCC/C=C\C/C=C\CCCCCCCC(=O)OCC(O)COP(=O)(O)OCC(NC(=O)CCCCCCC/C=C\CCCCC)C(=O)O. The predicted molar refractivity (Wildman–Crippen MR) is 194 cm³/mol. The van der Waals surface area contributed by atoms with E-state index in [4.69, 9.17) is 13.8 Å². The number of carbonyl (C=O) groups is 3. The molecule has 0 aliphatic heterocycles. The molecule has 0 rings (SSSR count). The summed E-state index contributed by atoms with van der Waals surface area (Å²) < 4.78 is 26.7. The first-order chi connectivity index (χ1) is 23.6. The first kappa shape index (κ1) is 46.7. The summed E-state index contributed by atoms with van der Waals surface area (Å²) in [6, 6.07) is -1.55. The van der Waals surface area contributed by atoms with Crippen molar-refractivity contribution in [2.45, 2.75) is 161 Å². The maximum Gasteiger partial charge on any atom is 0.472 e. The van der Waals surface area contributed by atoms with Crippen molar-refractivity contribution in [2.75, 3.05) is 19.8 Å². The summed E-state index contributed by atoms with van der Waals surface area (Å²) in [6.45, 7) is 2.44. The number of carboxylic acids is 1. The number of nitrogens with one attached hydrogen (secondary N) is 1. The zero-order valence-corrected chi connectivity index (χ0v) is 31.1. The van der Waals surface area contributed by atoms with Gasteiger partial charge in [0.05, 0.1) is 13.2 Å². The van der Waals surface area contributed by atoms with Crippen LogP contribution in [-0.2, 0) is 32.7 Å². The number of aliphatic hydroxyl groups excluding tert-OH is 1. The summed E-state index contributed by atoms with van der Waals surface area (Å²) in [6.07, 6.45) is 31.8. The molecule has 0 aromatic heterocycles. The number of hydrogen-bond donors (Lipinski definition) is 4. The zero-order valence-electron chi connectivity index (χ0n) is 30.2. The van der Waals surface area contributed by atoms with Crippen molar-refractivity contribution in [1.29, 1.82) is 0 Å². The molecule has 284 valence electrons. The van der Waals surface area contributed by atoms with Crippen LogP contribution in [0.4, 0.5) is 0 Å². The number of unbranched alkanes of at least 4 members (excludes halogenated alkanes) is 14. The number of phosphoric acid groups is 1. The number of amides is 1. The number of allylic oxidation sites excluding steroid dienone is 6. The van der Waals surface area contributed by atoms with E-state index in [9.17, 15) is 34.1 Å². The number of rotatable bonds is 34. The summed E-state index contributed by atoms with van der Waals surface area (Å²) in [5.41, 5.74) is 0. The van der Waals surface area contributed by atoms with E-state index in [1.807, 2.05) is 0 Å². The minimum absolute atomic E-state index is 0.134. The van der Waals surface area contributed by atoms with Gasteiger partial charge in [0.2, 0.25) is 5.91 Å². The molecular formula is C37H66NO10P. The second-order valence-electron chi connectivity index (χ2n) is 12.4. The van der Waals surface area contributed by atoms with Crippen LogP contribution in [0.15, 0.2) is 36.5 Å². The van der Waals surface area contributed by atoms with Crippen LogP contribution in [0, 0.1) is 0 Å². The molecule has 3 atom stereocenters. The third kappa shape index (κ3) is 32.7. The van der Waals surface area contributed by atoms with E-state index in [1.165, 1.54) is 25.7 Å². The molecule has 0 bridgehead atoms. The number of hydrogen-bond acceptors (Lipinski definition) is 8. The van der Waals surface area contributed by atoms with Crippen molar-refractivity contribution < 1.29 is 47.8 Å². The van der Waals surface area contributed by atoms with Crippen molar-refractivity contribution in [3.63, 3.8) is 0 Å². The molecule has 12 heteroatoms. The van der Waals surface area contributed by atoms with Gasteiger partial charge in [-0.2, -0.15) is 0 Å². The fourth-order valence-corrected chi connectivity index (χ4v) is 5.47. The molecule has 4 N–H and O–H groups in total. The lowest BCUT2D eigenvalue weighted by Crippen LogP contribution is -2.43. The van der Waals surface area contributed by atoms with Crippen LogP contribution >= 0.6 is 7.82 Å². The fraction of sp³-hybridized carbons (Fsp3) is 0.757. The Labute approximate surface area is 295 Å². The van der Waals surface area contributed by atoms with Gasteiger partial charge in [-0.25, -0.2) is 9.36 Å². The highest BCUT2D eigenvalue weighted by molar-refractivity contribution is 7.47. The Morgan fingerprint density at radius 2 is 1.16 bits per heavy atom. The molecule has 0 spiro atoms. The van der Waals surface area contributed by atoms with E-state index in [1.54, 1.807) is 0 Å². The Kier molecular flexibility index (Phi) is 31.3. The Balaban J connectivity index is 4.01. The molecular weight excluding hydrogens is 649 g/mol. The minimum atomic E-state index is -4.75. The van der Waals surface area contributed by atoms with Crippen LogP contribution in [0.3, 0.4) is 0 Å². The van der Waals surface area contributed by atoms with Crippen molar-refractivity contribution >= 4 is 25.7 Å². The monoisotopic (exact) mass is 715 g/mol. The standard InChI is InChI=1S/C37H66NO10P/c1-3-5-7-9-11-13-15-17-19-21-23-25-27-29-36(41)46-30-33(39)31-47-49(44,45)48-32-34(37(42)43)38-35(40)28-26-24-22-20-18-16-14-12-10-8-6-4-2/h7,9,12-15,33-34,39H,3-6,8,10-11,16-32H2,1-2H3,(H,38,40)(H,42,43)(H,44,45)/b9-7-,14-12-,15-13-. The number of esters is 1. The lowest BCUT2D eigenvalue weighted by Gasteiger charge is -2.18. The summed E-state index contributed by atoms with van der Waals surface area (Å²) in [5.74, 6) is -2.41. The fourth-order valence-electron chi connectivity index (χ4n) is 4.70. The molecule has 49 heavy (non-hydrogen) atoms. The van der Waals surface area contributed by atoms with Crippen LogP contribution in [0.25, 0.3) is 0 Å². The maximum absolute atomic E-state index is 12.2. The molecule has 0 saturated carbocycles. The highest BCUT2D eigenvalue weighted by atomic mass is 31.2. The molecule has 0 aliphatic carbocycles. The van der Waals surface area contributed by atoms with E-state index in [0.29, 0.717) is 12.8 Å². The van der Waals surface area contributed by atoms with Crippen LogP contribution < -0.4 is 5.32 Å². The van der Waals surface area contributed by atoms with Gasteiger partial charge in [-0.3, -0.25) is 18.6 Å². The zero-order chi connectivity index (χ0) is 36.4. The van der Waals surface area contributed by atoms with Gasteiger partial charge in [0, 0.05) is 12.8 Å². The van der Waals surface area contributed by atoms with Crippen LogP contribution in [0.5, 0.6) is 0 Å². The molecule has 0 aromatic rings. The summed E-state index contributed by atoms with van der Waals surface area (Å²) in [7, 11) is -4.75. The minimum Gasteiger partial charge on any atom is -0.480 e. The third-order valence-electron chi connectivity index (χ3n) is 7.63. The van der Waals surface area contributed by atoms with Gasteiger partial charge in [0.1, 0.15) is 12.7 Å². The van der Waals surface area contributed by atoms with Gasteiger partial charge in [-0.05, 0) is 64.2 Å². The number of aliphatic carboxylic acids is 1. The lowest BCUT2D eigenvalue weighted by atomic mass is 10.1. The summed E-state index contributed by atoms with van der Waals surface area (Å²) >= 11 is 0. The van der Waals surface area contributed by atoms with E-state index >= 15 is 0 Å². The molecule has 0 heterocycles. The Hall–Kier alpha value is -2.30. The van der Waals surface area contributed by atoms with E-state index in [-0.39, 0.29) is 12.8 Å². The smallest absolute Gasteiger partial charge is 0.472 e. The van der Waals surface area contributed by atoms with Gasteiger partial charge in [0.15, 0.2) is 6.04 Å². The van der Waals surface area contributed by atoms with E-state index in [2.05, 4.69) is 55.6 Å². The quantitative estimate of drug-likeness (QED) is 0.0219. The highest BCUT2D eigenvalue weighted by Gasteiger charge is 2.28. The molecule has 11 nitrogen and oxygen atoms in total. The van der Waals surface area contributed by atoms with Crippen molar-refractivity contribution in [3.05, 3.63) is 36.5 Å². The Morgan fingerprint density at radius 1 is 0.653 bits per heavy atom. The number of phosphoric ester groups is 1. The highest BCUT2D eigenvalue weighted by Crippen LogP contribution is 2.43. The van der Waals surface area contributed by atoms with Crippen LogP contribution in [-0.4, -0.2) is 64.9 Å². The normalized spacial score (nSPS) is 14.4. The van der Waals surface area contributed by atoms with Gasteiger partial charge >= 0.3 is 19.8 Å². The first-order valence-electron chi connectivity index (χ1n) is 18.5. The number of ether oxygens (including phenoxy) is 1. The molecule has 1 amide bonds. The Bertz CT molecular complexity index is 984. The molecule has 3 unspecified atom stereocenters. The maximum atomic E-state index is 12.2. The van der Waals surface area contributed by atoms with Crippen molar-refractivity contribution in [1.82, 2.24) is 5.32 Å². The van der Waals surface area contributed by atoms with Gasteiger partial charge in [-0.15, -0.1) is 0 Å². The summed E-state index contributed by atoms with van der Waals surface area (Å²) in [4.78, 5) is 45.6. The van der Waals surface area contributed by atoms with Gasteiger partial charge in [0.25, 0.3) is 0 Å². The molecule has 0 radical (unpaired) electrons. The lowest BCUT2D eigenvalue weighted by molar-refractivity contribution is -0.147. The molecule has 0 aliphatic rings. The van der Waals surface area contributed by atoms with Crippen molar-refractivity contribution in [3.8, 4) is 0 Å². The Morgan fingerprint density at radius 3 is 1.76 bits per heavy atom. The second-order valence-corrected chi connectivity index (χ2v) is 13.9. The van der Waals surface area contributed by atoms with Crippen LogP contribution in [0.1, 0.15) is 149 Å². The average molecular weight is 716 g/mol. The van der Waals surface area contributed by atoms with Gasteiger partial charge in [-0.1, -0.05) is 108 Å². The first-order valence-corrected chi connectivity index (χ1v) is 20.0. The predicted octanol–water partition coefficient (Wildman–Crippen LogP) is 8.49. The van der Waals surface area contributed by atoms with Crippen molar-refractivity contribution in [2.24, 2.45) is 0 Å². The second kappa shape index (κ2) is 32.9. The number of carbonyl (C=O) groups excluding carboxylic acids is 2. The topological polar surface area (TPSA) is 169 Å². The van der Waals surface area contributed by atoms with Gasteiger partial charge < -0.3 is 25.2 Å². The third-order valence-corrected chi connectivity index (χ3v) is 8.58. The number of carboxylic acid groups (broad SMARTS) is 1. The largest absolute Gasteiger partial charge is 0.480 e. The molecule has 0 aromatic carbocycles. The average Bonchev–Trinajstić information content (AvgIpc) is 3.07.